The number of benzene rings is 1. The summed E-state index contributed by atoms with van der Waals surface area (Å²) in [5.74, 6) is 7.97. The first-order valence-corrected chi connectivity index (χ1v) is 17.6. The molecular formula is C38H55N3O5. The molecule has 3 atom stereocenters. The molecule has 2 fully saturated rings. The van der Waals surface area contributed by atoms with Gasteiger partial charge in [0.25, 0.3) is 0 Å². The van der Waals surface area contributed by atoms with Crippen molar-refractivity contribution in [1.82, 2.24) is 0 Å². The van der Waals surface area contributed by atoms with Gasteiger partial charge in [-0.15, -0.1) is 0 Å². The molecule has 3 aliphatic rings. The third kappa shape index (κ3) is 10.6. The molecule has 0 spiro atoms. The first-order valence-electron chi connectivity index (χ1n) is 17.6. The number of Topliss-reactive ketones (excluding diaryl/α,β-unsaturated/α-hetero) is 1. The molecule has 1 aromatic rings. The molecule has 0 aliphatic heterocycles. The predicted molar refractivity (Wildman–Crippen MR) is 183 cm³/mol. The monoisotopic (exact) mass is 633 g/mol. The number of hydrogen-bond acceptors (Lipinski definition) is 6. The Bertz CT molecular complexity index is 1290. The molecule has 0 radical (unpaired) electrons. The van der Waals surface area contributed by atoms with Gasteiger partial charge >= 0.3 is 0 Å². The molecular weight excluding hydrogens is 578 g/mol. The number of ketones is 2. The number of fused-ring (bicyclic) bond motifs is 1. The fourth-order valence-corrected chi connectivity index (χ4v) is 7.57. The number of phenolic OH excluding ortho intramolecular Hbond substituents is 1. The van der Waals surface area contributed by atoms with Crippen molar-refractivity contribution in [2.75, 3.05) is 13.7 Å². The molecule has 252 valence electrons. The van der Waals surface area contributed by atoms with E-state index in [9.17, 15) is 14.7 Å². The van der Waals surface area contributed by atoms with Gasteiger partial charge in [-0.1, -0.05) is 43.6 Å². The Kier molecular flexibility index (Phi) is 14.0. The summed E-state index contributed by atoms with van der Waals surface area (Å²) in [5, 5.41) is 12.0. The SMILES string of the molecule is COC[C@H]1CC[C@H](N=C(N)N)CC#Cc2c(CCC(=O)C=CCCC3CCCC3)cc(OC3CCCC3)c(O)c2[C@H]1CCC(C)=O. The summed E-state index contributed by atoms with van der Waals surface area (Å²) in [7, 11) is 1.67. The Balaban J connectivity index is 1.73. The van der Waals surface area contributed by atoms with Gasteiger partial charge < -0.3 is 30.8 Å². The van der Waals surface area contributed by atoms with Crippen LogP contribution in [0.4, 0.5) is 0 Å². The number of nitrogens with zero attached hydrogens (tertiary/aromatic N) is 1. The second-order valence-electron chi connectivity index (χ2n) is 13.6. The summed E-state index contributed by atoms with van der Waals surface area (Å²) in [4.78, 5) is 29.8. The van der Waals surface area contributed by atoms with Crippen LogP contribution in [0.1, 0.15) is 132 Å². The molecule has 0 heterocycles. The van der Waals surface area contributed by atoms with E-state index >= 15 is 0 Å². The highest BCUT2D eigenvalue weighted by Crippen LogP contribution is 2.46. The second kappa shape index (κ2) is 18.1. The number of allylic oxidation sites excluding steroid dienone is 2. The van der Waals surface area contributed by atoms with E-state index in [0.29, 0.717) is 62.0 Å². The second-order valence-corrected chi connectivity index (χ2v) is 13.6. The summed E-state index contributed by atoms with van der Waals surface area (Å²) in [5.41, 5.74) is 13.8. The molecule has 0 amide bonds. The van der Waals surface area contributed by atoms with E-state index in [4.69, 9.17) is 20.9 Å². The van der Waals surface area contributed by atoms with Crippen LogP contribution in [0, 0.1) is 23.7 Å². The lowest BCUT2D eigenvalue weighted by Crippen LogP contribution is -2.27. The van der Waals surface area contributed by atoms with Crippen molar-refractivity contribution in [1.29, 1.82) is 0 Å². The van der Waals surface area contributed by atoms with Crippen LogP contribution in [0.5, 0.6) is 11.5 Å². The van der Waals surface area contributed by atoms with E-state index in [1.165, 1.54) is 25.7 Å². The molecule has 46 heavy (non-hydrogen) atoms. The number of aryl methyl sites for hydroxylation is 1. The number of hydrogen-bond donors (Lipinski definition) is 3. The topological polar surface area (TPSA) is 137 Å². The molecule has 0 unspecified atom stereocenters. The van der Waals surface area contributed by atoms with Gasteiger partial charge in [-0.3, -0.25) is 4.79 Å². The minimum Gasteiger partial charge on any atom is -0.504 e. The van der Waals surface area contributed by atoms with E-state index in [1.807, 2.05) is 12.1 Å². The van der Waals surface area contributed by atoms with E-state index < -0.39 is 0 Å². The van der Waals surface area contributed by atoms with E-state index in [2.05, 4.69) is 16.8 Å². The summed E-state index contributed by atoms with van der Waals surface area (Å²) in [6, 6.07) is 1.72. The Morgan fingerprint density at radius 1 is 1.04 bits per heavy atom. The predicted octanol–water partition coefficient (Wildman–Crippen LogP) is 6.63. The van der Waals surface area contributed by atoms with Gasteiger partial charge in [0.1, 0.15) is 5.78 Å². The van der Waals surface area contributed by atoms with Crippen LogP contribution in [-0.4, -0.2) is 48.5 Å². The van der Waals surface area contributed by atoms with Crippen LogP contribution < -0.4 is 16.2 Å². The van der Waals surface area contributed by atoms with Crippen molar-refractivity contribution in [3.63, 3.8) is 0 Å². The first kappa shape index (κ1) is 35.5. The minimum atomic E-state index is -0.219. The number of methoxy groups -OCH3 is 1. The number of nitrogens with two attached hydrogens (primary N) is 2. The van der Waals surface area contributed by atoms with Crippen molar-refractivity contribution in [2.45, 2.75) is 134 Å². The minimum absolute atomic E-state index is 0.0235. The van der Waals surface area contributed by atoms with Crippen LogP contribution in [-0.2, 0) is 20.7 Å². The number of carbonyl (C=O) groups is 2. The van der Waals surface area contributed by atoms with Gasteiger partial charge in [-0.2, -0.15) is 0 Å². The highest BCUT2D eigenvalue weighted by Gasteiger charge is 2.33. The Morgan fingerprint density at radius 3 is 2.48 bits per heavy atom. The summed E-state index contributed by atoms with van der Waals surface area (Å²) >= 11 is 0. The van der Waals surface area contributed by atoms with Gasteiger partial charge in [0.2, 0.25) is 0 Å². The van der Waals surface area contributed by atoms with Crippen LogP contribution in [0.2, 0.25) is 0 Å². The number of rotatable bonds is 15. The molecule has 1 aromatic carbocycles. The van der Waals surface area contributed by atoms with Crippen LogP contribution in [0.15, 0.2) is 23.2 Å². The average Bonchev–Trinajstić information content (AvgIpc) is 3.73. The number of ether oxygens (including phenoxy) is 2. The zero-order chi connectivity index (χ0) is 32.9. The van der Waals surface area contributed by atoms with Crippen molar-refractivity contribution >= 4 is 17.5 Å². The fourth-order valence-electron chi connectivity index (χ4n) is 7.57. The van der Waals surface area contributed by atoms with E-state index in [1.54, 1.807) is 20.1 Å². The van der Waals surface area contributed by atoms with Gasteiger partial charge in [0.15, 0.2) is 23.2 Å². The van der Waals surface area contributed by atoms with Crippen molar-refractivity contribution < 1.29 is 24.2 Å². The quantitative estimate of drug-likeness (QED) is 0.0853. The van der Waals surface area contributed by atoms with Gasteiger partial charge in [-0.25, -0.2) is 4.99 Å². The van der Waals surface area contributed by atoms with Crippen molar-refractivity contribution in [2.24, 2.45) is 28.3 Å². The van der Waals surface area contributed by atoms with Crippen LogP contribution in [0.3, 0.4) is 0 Å². The Hall–Kier alpha value is -3.31. The summed E-state index contributed by atoms with van der Waals surface area (Å²) in [6.07, 6.45) is 18.8. The maximum absolute atomic E-state index is 13.1. The van der Waals surface area contributed by atoms with Gasteiger partial charge in [0.05, 0.1) is 12.1 Å². The van der Waals surface area contributed by atoms with Gasteiger partial charge in [-0.05, 0) is 107 Å². The number of phenols is 1. The number of aromatic hydroxyl groups is 1. The number of carbonyl (C=O) groups excluding carboxylic acids is 2. The maximum atomic E-state index is 13.1. The van der Waals surface area contributed by atoms with Crippen LogP contribution in [0.25, 0.3) is 0 Å². The molecule has 2 saturated carbocycles. The molecule has 0 saturated heterocycles. The smallest absolute Gasteiger partial charge is 0.186 e. The van der Waals surface area contributed by atoms with E-state index in [0.717, 1.165) is 56.4 Å². The fraction of sp³-hybridized carbons (Fsp3) is 0.658. The zero-order valence-corrected chi connectivity index (χ0v) is 28.0. The molecule has 0 bridgehead atoms. The third-order valence-corrected chi connectivity index (χ3v) is 10.0. The van der Waals surface area contributed by atoms with Crippen LogP contribution >= 0.6 is 0 Å². The van der Waals surface area contributed by atoms with E-state index in [-0.39, 0.29) is 47.3 Å². The lowest BCUT2D eigenvalue weighted by molar-refractivity contribution is -0.117. The normalized spacial score (nSPS) is 22.3. The summed E-state index contributed by atoms with van der Waals surface area (Å²) in [6.45, 7) is 2.04. The number of guanidine groups is 1. The largest absolute Gasteiger partial charge is 0.504 e. The number of aliphatic imine (C=N–C) groups is 1. The molecule has 8 nitrogen and oxygen atoms in total. The molecule has 3 aliphatic carbocycles. The van der Waals surface area contributed by atoms with Crippen molar-refractivity contribution in [3.8, 4) is 23.3 Å². The lowest BCUT2D eigenvalue weighted by atomic mass is 9.75. The lowest BCUT2D eigenvalue weighted by Gasteiger charge is -2.31. The highest BCUT2D eigenvalue weighted by atomic mass is 16.5. The summed E-state index contributed by atoms with van der Waals surface area (Å²) < 4.78 is 12.2. The molecule has 5 N–H and O–H groups in total. The first-order chi connectivity index (χ1) is 22.2. The third-order valence-electron chi connectivity index (χ3n) is 10.0. The maximum Gasteiger partial charge on any atom is 0.186 e. The Morgan fingerprint density at radius 2 is 1.78 bits per heavy atom. The highest BCUT2D eigenvalue weighted by molar-refractivity contribution is 5.89. The molecule has 0 aromatic heterocycles. The van der Waals surface area contributed by atoms with Crippen molar-refractivity contribution in [3.05, 3.63) is 34.9 Å². The van der Waals surface area contributed by atoms with Gasteiger partial charge in [0, 0.05) is 44.1 Å². The standard InChI is InChI=1S/C38H55N3O5/c1-26(42)18-23-34-29(25-45-2)19-21-30(41-38(39)40)13-9-17-33-28(20-22-31(43)14-6-5-12-27-10-3-4-11-27)24-35(37(44)36(33)34)46-32-15-7-8-16-32/h6,14,24,27,29-30,32,34,44H,3-5,7-8,10-13,15-16,18-23,25H2,1-2H3,(H4,39,40,41)/t29-,30-,34+/m1/s1. The zero-order valence-electron chi connectivity index (χ0n) is 28.0. The average molecular weight is 634 g/mol. The molecule has 4 rings (SSSR count). The molecule has 8 heteroatoms. The Labute approximate surface area is 275 Å².